The quantitative estimate of drug-likeness (QED) is 0.429. The Morgan fingerprint density at radius 3 is 2.78 bits per heavy atom. The zero-order valence-electron chi connectivity index (χ0n) is 13.8. The van der Waals surface area contributed by atoms with Crippen LogP contribution in [0.1, 0.15) is 5.76 Å². The number of nitrogens with one attached hydrogen (secondary N) is 1. The molecule has 4 nitrogen and oxygen atoms in total. The summed E-state index contributed by atoms with van der Waals surface area (Å²) in [7, 11) is 0. The average molecular weight is 399 g/mol. The van der Waals surface area contributed by atoms with Crippen molar-refractivity contribution in [3.63, 3.8) is 0 Å². The van der Waals surface area contributed by atoms with E-state index in [2.05, 4.69) is 10.3 Å². The number of carbonyl (C=O) groups is 1. The Morgan fingerprint density at radius 1 is 1.15 bits per heavy atom. The summed E-state index contributed by atoms with van der Waals surface area (Å²) in [5.41, 5.74) is 1.53. The SMILES string of the molecule is O=C(C=Cc1ccc(-c2ccc(Cl)cc2)o1)Nc1nc2ccc(F)cc2s1. The molecule has 0 saturated heterocycles. The maximum Gasteiger partial charge on any atom is 0.250 e. The summed E-state index contributed by atoms with van der Waals surface area (Å²) in [5.74, 6) is 0.540. The number of thiazole rings is 1. The van der Waals surface area contributed by atoms with Gasteiger partial charge in [-0.05, 0) is 60.7 Å². The van der Waals surface area contributed by atoms with Gasteiger partial charge in [0.1, 0.15) is 17.3 Å². The van der Waals surface area contributed by atoms with Gasteiger partial charge in [0.2, 0.25) is 5.91 Å². The Morgan fingerprint density at radius 2 is 1.96 bits per heavy atom. The molecule has 27 heavy (non-hydrogen) atoms. The Bertz CT molecular complexity index is 1150. The molecule has 1 amide bonds. The Balaban J connectivity index is 1.44. The lowest BCUT2D eigenvalue weighted by Gasteiger charge is -1.96. The lowest BCUT2D eigenvalue weighted by molar-refractivity contribution is -0.111. The van der Waals surface area contributed by atoms with Crippen LogP contribution in [0.4, 0.5) is 9.52 Å². The highest BCUT2D eigenvalue weighted by Gasteiger charge is 2.07. The first kappa shape index (κ1) is 17.5. The van der Waals surface area contributed by atoms with E-state index in [1.165, 1.54) is 29.5 Å². The fourth-order valence-corrected chi connectivity index (χ4v) is 3.49. The van der Waals surface area contributed by atoms with E-state index in [9.17, 15) is 9.18 Å². The van der Waals surface area contributed by atoms with Crippen molar-refractivity contribution >= 4 is 50.3 Å². The van der Waals surface area contributed by atoms with Crippen molar-refractivity contribution < 1.29 is 13.6 Å². The second kappa shape index (κ2) is 7.34. The van der Waals surface area contributed by atoms with Gasteiger partial charge in [0, 0.05) is 16.7 Å². The molecule has 0 unspecified atom stereocenters. The lowest BCUT2D eigenvalue weighted by atomic mass is 10.2. The number of aromatic nitrogens is 1. The smallest absolute Gasteiger partial charge is 0.250 e. The van der Waals surface area contributed by atoms with Crippen molar-refractivity contribution in [2.45, 2.75) is 0 Å². The Hall–Kier alpha value is -2.96. The average Bonchev–Trinajstić information content (AvgIpc) is 3.26. The maximum absolute atomic E-state index is 13.2. The molecule has 0 radical (unpaired) electrons. The van der Waals surface area contributed by atoms with Gasteiger partial charge < -0.3 is 4.42 Å². The van der Waals surface area contributed by atoms with E-state index in [0.717, 1.165) is 5.56 Å². The first-order valence-corrected chi connectivity index (χ1v) is 9.17. The van der Waals surface area contributed by atoms with Crippen LogP contribution in [0, 0.1) is 5.82 Å². The number of nitrogens with zero attached hydrogens (tertiary/aromatic N) is 1. The molecule has 0 aliphatic rings. The number of anilines is 1. The minimum Gasteiger partial charge on any atom is -0.457 e. The third kappa shape index (κ3) is 4.07. The van der Waals surface area contributed by atoms with Crippen LogP contribution in [-0.4, -0.2) is 10.9 Å². The van der Waals surface area contributed by atoms with E-state index in [1.807, 2.05) is 18.2 Å². The maximum atomic E-state index is 13.2. The van der Waals surface area contributed by atoms with Crippen molar-refractivity contribution in [2.75, 3.05) is 5.32 Å². The fraction of sp³-hybridized carbons (Fsp3) is 0. The highest BCUT2D eigenvalue weighted by Crippen LogP contribution is 2.27. The summed E-state index contributed by atoms with van der Waals surface area (Å²) in [4.78, 5) is 16.3. The highest BCUT2D eigenvalue weighted by molar-refractivity contribution is 7.22. The van der Waals surface area contributed by atoms with Crippen LogP contribution in [0.15, 0.2) is 65.1 Å². The minimum atomic E-state index is -0.348. The Kier molecular flexibility index (Phi) is 4.75. The molecule has 0 spiro atoms. The molecule has 0 aliphatic heterocycles. The number of hydrogen-bond acceptors (Lipinski definition) is 4. The molecule has 2 aromatic heterocycles. The molecule has 0 fully saturated rings. The van der Waals surface area contributed by atoms with Crippen LogP contribution in [-0.2, 0) is 4.79 Å². The van der Waals surface area contributed by atoms with Crippen molar-refractivity contribution in [3.8, 4) is 11.3 Å². The largest absolute Gasteiger partial charge is 0.457 e. The number of benzene rings is 2. The van der Waals surface area contributed by atoms with Gasteiger partial charge in [0.15, 0.2) is 5.13 Å². The molecule has 134 valence electrons. The molecule has 0 saturated carbocycles. The van der Waals surface area contributed by atoms with Gasteiger partial charge >= 0.3 is 0 Å². The molecule has 2 aromatic carbocycles. The molecular weight excluding hydrogens is 387 g/mol. The van der Waals surface area contributed by atoms with E-state index in [0.29, 0.717) is 31.9 Å². The van der Waals surface area contributed by atoms with Gasteiger partial charge in [-0.25, -0.2) is 9.37 Å². The normalized spacial score (nSPS) is 11.3. The first-order chi connectivity index (χ1) is 13.1. The number of furan rings is 1. The topological polar surface area (TPSA) is 55.1 Å². The van der Waals surface area contributed by atoms with Gasteiger partial charge in [-0.15, -0.1) is 0 Å². The van der Waals surface area contributed by atoms with Crippen LogP contribution in [0.2, 0.25) is 5.02 Å². The van der Waals surface area contributed by atoms with Crippen LogP contribution in [0.5, 0.6) is 0 Å². The summed E-state index contributed by atoms with van der Waals surface area (Å²) in [6, 6.07) is 15.2. The van der Waals surface area contributed by atoms with E-state index < -0.39 is 0 Å². The van der Waals surface area contributed by atoms with Crippen LogP contribution in [0.3, 0.4) is 0 Å². The van der Waals surface area contributed by atoms with Gasteiger partial charge in [-0.1, -0.05) is 22.9 Å². The Labute approximate surface area is 162 Å². The van der Waals surface area contributed by atoms with Gasteiger partial charge in [-0.2, -0.15) is 0 Å². The van der Waals surface area contributed by atoms with Crippen molar-refractivity contribution in [2.24, 2.45) is 0 Å². The van der Waals surface area contributed by atoms with Gasteiger partial charge in [0.25, 0.3) is 0 Å². The summed E-state index contributed by atoms with van der Waals surface area (Å²) < 4.78 is 19.6. The van der Waals surface area contributed by atoms with Gasteiger partial charge in [-0.3, -0.25) is 10.1 Å². The van der Waals surface area contributed by atoms with Crippen molar-refractivity contribution in [3.05, 3.63) is 77.3 Å². The minimum absolute atomic E-state index is 0.335. The summed E-state index contributed by atoms with van der Waals surface area (Å²) >= 11 is 7.09. The van der Waals surface area contributed by atoms with Crippen molar-refractivity contribution in [1.29, 1.82) is 0 Å². The monoisotopic (exact) mass is 398 g/mol. The predicted molar refractivity (Wildman–Crippen MR) is 106 cm³/mol. The number of rotatable bonds is 4. The van der Waals surface area contributed by atoms with Crippen LogP contribution < -0.4 is 5.32 Å². The molecule has 2 heterocycles. The molecule has 4 aromatic rings. The highest BCUT2D eigenvalue weighted by atomic mass is 35.5. The van der Waals surface area contributed by atoms with E-state index >= 15 is 0 Å². The third-order valence-electron chi connectivity index (χ3n) is 3.74. The predicted octanol–water partition coefficient (Wildman–Crippen LogP) is 6.00. The van der Waals surface area contributed by atoms with Crippen molar-refractivity contribution in [1.82, 2.24) is 4.98 Å². The number of hydrogen-bond donors (Lipinski definition) is 1. The molecule has 0 atom stereocenters. The zero-order chi connectivity index (χ0) is 18.8. The third-order valence-corrected chi connectivity index (χ3v) is 4.92. The molecule has 0 aliphatic carbocycles. The summed E-state index contributed by atoms with van der Waals surface area (Å²) in [5, 5.41) is 3.73. The fourth-order valence-electron chi connectivity index (χ4n) is 2.47. The van der Waals surface area contributed by atoms with E-state index in [-0.39, 0.29) is 11.7 Å². The van der Waals surface area contributed by atoms with Gasteiger partial charge in [0.05, 0.1) is 10.2 Å². The molecule has 1 N–H and O–H groups in total. The number of halogens is 2. The van der Waals surface area contributed by atoms with Crippen LogP contribution >= 0.6 is 22.9 Å². The first-order valence-electron chi connectivity index (χ1n) is 7.98. The number of carbonyl (C=O) groups excluding carboxylic acids is 1. The van der Waals surface area contributed by atoms with E-state index in [1.54, 1.807) is 30.3 Å². The summed E-state index contributed by atoms with van der Waals surface area (Å²) in [6.07, 6.45) is 2.93. The number of amides is 1. The van der Waals surface area contributed by atoms with E-state index in [4.69, 9.17) is 16.0 Å². The molecule has 7 heteroatoms. The molecule has 4 rings (SSSR count). The summed E-state index contributed by atoms with van der Waals surface area (Å²) in [6.45, 7) is 0. The second-order valence-corrected chi connectivity index (χ2v) is 7.13. The second-order valence-electron chi connectivity index (χ2n) is 5.66. The standard InChI is InChI=1S/C20H12ClFN2O2S/c21-13-3-1-12(2-4-13)17-9-6-15(26-17)7-10-19(25)24-20-23-16-8-5-14(22)11-18(16)27-20/h1-11H,(H,23,24,25). The van der Waals surface area contributed by atoms with Crippen LogP contribution in [0.25, 0.3) is 27.6 Å². The molecular formula is C20H12ClFN2O2S. The molecule has 0 bridgehead atoms. The lowest BCUT2D eigenvalue weighted by Crippen LogP contribution is -2.07. The zero-order valence-corrected chi connectivity index (χ0v) is 15.4. The number of fused-ring (bicyclic) bond motifs is 1.